The van der Waals surface area contributed by atoms with Crippen LogP contribution in [0.2, 0.25) is 0 Å². The highest BCUT2D eigenvalue weighted by molar-refractivity contribution is 9.10. The van der Waals surface area contributed by atoms with Gasteiger partial charge in [-0.05, 0) is 84.8 Å². The standard InChI is InChI=1S/C24H30BrNO2/c1-2-27-23-16-21(17-26-14-13-19-9-5-3-6-10-19)15-22(25)24(23)28-18-20-11-7-4-8-12-20/h4,7-9,11-12,15-16,26H,2-3,5-6,10,13-14,17-18H2,1H3. The van der Waals surface area contributed by atoms with Crippen molar-refractivity contribution >= 4 is 15.9 Å². The third-order valence-corrected chi connectivity index (χ3v) is 5.52. The SMILES string of the molecule is CCOc1cc(CNCCC2=CCCCC2)cc(Br)c1OCc1ccccc1. The molecule has 4 heteroatoms. The second-order valence-corrected chi connectivity index (χ2v) is 8.00. The number of hydrogen-bond acceptors (Lipinski definition) is 3. The number of halogens is 1. The Hall–Kier alpha value is -1.78. The fourth-order valence-electron chi connectivity index (χ4n) is 3.47. The number of benzene rings is 2. The highest BCUT2D eigenvalue weighted by atomic mass is 79.9. The zero-order chi connectivity index (χ0) is 19.6. The first kappa shape index (κ1) is 20.9. The third-order valence-electron chi connectivity index (χ3n) is 4.93. The lowest BCUT2D eigenvalue weighted by molar-refractivity contribution is 0.267. The zero-order valence-electron chi connectivity index (χ0n) is 16.7. The summed E-state index contributed by atoms with van der Waals surface area (Å²) >= 11 is 3.67. The molecule has 0 atom stereocenters. The van der Waals surface area contributed by atoms with Crippen molar-refractivity contribution in [2.45, 2.75) is 52.2 Å². The smallest absolute Gasteiger partial charge is 0.175 e. The molecule has 1 aliphatic carbocycles. The number of nitrogens with one attached hydrogen (secondary N) is 1. The summed E-state index contributed by atoms with van der Waals surface area (Å²) in [6.45, 7) is 4.97. The van der Waals surface area contributed by atoms with E-state index < -0.39 is 0 Å². The summed E-state index contributed by atoms with van der Waals surface area (Å²) in [5.74, 6) is 1.56. The molecule has 0 heterocycles. The van der Waals surface area contributed by atoms with E-state index in [1.807, 2.05) is 25.1 Å². The lowest BCUT2D eigenvalue weighted by Gasteiger charge is -2.16. The highest BCUT2D eigenvalue weighted by Gasteiger charge is 2.13. The Labute approximate surface area is 177 Å². The van der Waals surface area contributed by atoms with Crippen molar-refractivity contribution in [3.8, 4) is 11.5 Å². The third kappa shape index (κ3) is 6.39. The summed E-state index contributed by atoms with van der Waals surface area (Å²) in [6.07, 6.45) is 8.80. The van der Waals surface area contributed by atoms with Crippen LogP contribution in [0.3, 0.4) is 0 Å². The van der Waals surface area contributed by atoms with Gasteiger partial charge in [0.1, 0.15) is 6.61 Å². The second kappa shape index (κ2) is 11.3. The number of ether oxygens (including phenoxy) is 2. The molecule has 2 aromatic rings. The molecule has 28 heavy (non-hydrogen) atoms. The Morgan fingerprint density at radius 3 is 2.64 bits per heavy atom. The molecule has 3 rings (SSSR count). The Balaban J connectivity index is 1.58. The van der Waals surface area contributed by atoms with Crippen LogP contribution in [0, 0.1) is 0 Å². The second-order valence-electron chi connectivity index (χ2n) is 7.15. The fourth-order valence-corrected chi connectivity index (χ4v) is 4.07. The lowest BCUT2D eigenvalue weighted by Crippen LogP contribution is -2.16. The van der Waals surface area contributed by atoms with Gasteiger partial charge in [0.15, 0.2) is 11.5 Å². The monoisotopic (exact) mass is 443 g/mol. The van der Waals surface area contributed by atoms with Crippen LogP contribution < -0.4 is 14.8 Å². The summed E-state index contributed by atoms with van der Waals surface area (Å²) in [5, 5.41) is 3.56. The number of allylic oxidation sites excluding steroid dienone is 1. The van der Waals surface area contributed by atoms with Crippen molar-refractivity contribution in [3.05, 3.63) is 69.7 Å². The first-order chi connectivity index (χ1) is 13.8. The molecule has 150 valence electrons. The van der Waals surface area contributed by atoms with E-state index in [4.69, 9.17) is 9.47 Å². The van der Waals surface area contributed by atoms with E-state index in [9.17, 15) is 0 Å². The van der Waals surface area contributed by atoms with Gasteiger partial charge < -0.3 is 14.8 Å². The molecule has 3 nitrogen and oxygen atoms in total. The summed E-state index contributed by atoms with van der Waals surface area (Å²) < 4.78 is 12.9. The summed E-state index contributed by atoms with van der Waals surface area (Å²) in [5.41, 5.74) is 3.94. The largest absolute Gasteiger partial charge is 0.490 e. The Morgan fingerprint density at radius 2 is 1.89 bits per heavy atom. The van der Waals surface area contributed by atoms with Gasteiger partial charge in [-0.3, -0.25) is 0 Å². The van der Waals surface area contributed by atoms with Crippen molar-refractivity contribution < 1.29 is 9.47 Å². The van der Waals surface area contributed by atoms with Crippen LogP contribution in [-0.4, -0.2) is 13.2 Å². The van der Waals surface area contributed by atoms with Crippen molar-refractivity contribution in [1.29, 1.82) is 0 Å². The van der Waals surface area contributed by atoms with E-state index in [0.717, 1.165) is 41.0 Å². The Morgan fingerprint density at radius 1 is 1.04 bits per heavy atom. The summed E-state index contributed by atoms with van der Waals surface area (Å²) in [7, 11) is 0. The van der Waals surface area contributed by atoms with Gasteiger partial charge in [0.2, 0.25) is 0 Å². The molecular formula is C24H30BrNO2. The van der Waals surface area contributed by atoms with Gasteiger partial charge in [-0.25, -0.2) is 0 Å². The van der Waals surface area contributed by atoms with E-state index in [1.165, 1.54) is 31.2 Å². The van der Waals surface area contributed by atoms with Gasteiger partial charge in [0, 0.05) is 6.54 Å². The van der Waals surface area contributed by atoms with E-state index in [0.29, 0.717) is 13.2 Å². The molecule has 0 unspecified atom stereocenters. The van der Waals surface area contributed by atoms with E-state index >= 15 is 0 Å². The first-order valence-corrected chi connectivity index (χ1v) is 11.1. The van der Waals surface area contributed by atoms with Crippen LogP contribution in [0.1, 0.15) is 50.2 Å². The van der Waals surface area contributed by atoms with E-state index in [-0.39, 0.29) is 0 Å². The molecule has 2 aromatic carbocycles. The molecule has 0 bridgehead atoms. The van der Waals surface area contributed by atoms with Crippen molar-refractivity contribution in [3.63, 3.8) is 0 Å². The maximum atomic E-state index is 6.07. The highest BCUT2D eigenvalue weighted by Crippen LogP contribution is 2.37. The lowest BCUT2D eigenvalue weighted by atomic mass is 9.97. The molecule has 0 radical (unpaired) electrons. The van der Waals surface area contributed by atoms with Crippen LogP contribution in [-0.2, 0) is 13.2 Å². The van der Waals surface area contributed by atoms with Gasteiger partial charge in [0.25, 0.3) is 0 Å². The Kier molecular flexibility index (Phi) is 8.43. The van der Waals surface area contributed by atoms with Crippen molar-refractivity contribution in [1.82, 2.24) is 5.32 Å². The van der Waals surface area contributed by atoms with Crippen LogP contribution in [0.4, 0.5) is 0 Å². The van der Waals surface area contributed by atoms with Gasteiger partial charge in [-0.1, -0.05) is 42.0 Å². The number of hydrogen-bond donors (Lipinski definition) is 1. The fraction of sp³-hybridized carbons (Fsp3) is 0.417. The molecule has 0 saturated carbocycles. The predicted molar refractivity (Wildman–Crippen MR) is 119 cm³/mol. The van der Waals surface area contributed by atoms with Crippen LogP contribution in [0.15, 0.2) is 58.6 Å². The molecule has 0 spiro atoms. The molecule has 0 fully saturated rings. The van der Waals surface area contributed by atoms with Gasteiger partial charge >= 0.3 is 0 Å². The minimum atomic E-state index is 0.520. The Bertz CT molecular complexity index is 774. The molecule has 1 aliphatic rings. The first-order valence-electron chi connectivity index (χ1n) is 10.3. The molecule has 1 N–H and O–H groups in total. The summed E-state index contributed by atoms with van der Waals surface area (Å²) in [6, 6.07) is 14.4. The average molecular weight is 444 g/mol. The van der Waals surface area contributed by atoms with Crippen LogP contribution in [0.5, 0.6) is 11.5 Å². The topological polar surface area (TPSA) is 30.5 Å². The van der Waals surface area contributed by atoms with Gasteiger partial charge in [0.05, 0.1) is 11.1 Å². The number of rotatable bonds is 10. The van der Waals surface area contributed by atoms with Crippen LogP contribution >= 0.6 is 15.9 Å². The minimum absolute atomic E-state index is 0.520. The zero-order valence-corrected chi connectivity index (χ0v) is 18.3. The average Bonchev–Trinajstić information content (AvgIpc) is 2.72. The van der Waals surface area contributed by atoms with Gasteiger partial charge in [-0.2, -0.15) is 0 Å². The molecule has 0 saturated heterocycles. The van der Waals surface area contributed by atoms with Crippen molar-refractivity contribution in [2.24, 2.45) is 0 Å². The minimum Gasteiger partial charge on any atom is -0.490 e. The van der Waals surface area contributed by atoms with Crippen LogP contribution in [0.25, 0.3) is 0 Å². The van der Waals surface area contributed by atoms with Crippen molar-refractivity contribution in [2.75, 3.05) is 13.2 Å². The maximum absolute atomic E-state index is 6.07. The quantitative estimate of drug-likeness (QED) is 0.340. The molecular weight excluding hydrogens is 414 g/mol. The summed E-state index contributed by atoms with van der Waals surface area (Å²) in [4.78, 5) is 0. The normalized spacial score (nSPS) is 13.9. The maximum Gasteiger partial charge on any atom is 0.175 e. The predicted octanol–water partition coefficient (Wildman–Crippen LogP) is 6.41. The molecule has 0 aliphatic heterocycles. The van der Waals surface area contributed by atoms with E-state index in [2.05, 4.69) is 51.6 Å². The van der Waals surface area contributed by atoms with Gasteiger partial charge in [-0.15, -0.1) is 0 Å². The molecule has 0 aromatic heterocycles. The molecule has 0 amide bonds. The van der Waals surface area contributed by atoms with E-state index in [1.54, 1.807) is 5.57 Å².